The van der Waals surface area contributed by atoms with E-state index in [1.807, 2.05) is 7.05 Å². The van der Waals surface area contributed by atoms with E-state index in [1.54, 1.807) is 0 Å². The minimum atomic E-state index is 0.142. The van der Waals surface area contributed by atoms with Crippen LogP contribution in [0.15, 0.2) is 35.3 Å². The van der Waals surface area contributed by atoms with Crippen molar-refractivity contribution in [2.75, 3.05) is 54.0 Å². The molecule has 3 unspecified atom stereocenters. The summed E-state index contributed by atoms with van der Waals surface area (Å²) in [5.74, 6) is 0.944. The van der Waals surface area contributed by atoms with Gasteiger partial charge >= 0.3 is 0 Å². The fourth-order valence-electron chi connectivity index (χ4n) is 3.78. The molecule has 2 saturated heterocycles. The third-order valence-corrected chi connectivity index (χ3v) is 5.25. The molecule has 1 N–H and O–H groups in total. The van der Waals surface area contributed by atoms with Gasteiger partial charge in [-0.3, -0.25) is 4.99 Å². The molecule has 6 nitrogen and oxygen atoms in total. The Morgan fingerprint density at radius 1 is 1.23 bits per heavy atom. The fourth-order valence-corrected chi connectivity index (χ4v) is 3.78. The molecule has 2 fully saturated rings. The van der Waals surface area contributed by atoms with Gasteiger partial charge in [0, 0.05) is 33.3 Å². The number of nitrogens with zero attached hydrogens (tertiary/aromatic N) is 3. The molecule has 26 heavy (non-hydrogen) atoms. The summed E-state index contributed by atoms with van der Waals surface area (Å²) in [6.07, 6.45) is 2.61. The molecule has 0 saturated carbocycles. The number of rotatable bonds is 5. The maximum absolute atomic E-state index is 5.96. The Morgan fingerprint density at radius 2 is 2.00 bits per heavy atom. The maximum Gasteiger partial charge on any atom is 0.193 e. The number of morpholine rings is 1. The Morgan fingerprint density at radius 3 is 2.65 bits per heavy atom. The van der Waals surface area contributed by atoms with Crippen LogP contribution >= 0.6 is 0 Å². The normalized spacial score (nSPS) is 25.5. The quantitative estimate of drug-likeness (QED) is 0.640. The number of likely N-dealkylation sites (N-methyl/N-ethyl adjacent to an activating group) is 1. The Balaban J connectivity index is 1.59. The molecule has 1 aromatic carbocycles. The molecule has 2 aliphatic rings. The van der Waals surface area contributed by atoms with Crippen LogP contribution in [0.3, 0.4) is 0 Å². The lowest BCUT2D eigenvalue weighted by molar-refractivity contribution is -0.0817. The highest BCUT2D eigenvalue weighted by Gasteiger charge is 2.32. The van der Waals surface area contributed by atoms with E-state index in [4.69, 9.17) is 9.47 Å². The van der Waals surface area contributed by atoms with Gasteiger partial charge < -0.3 is 24.6 Å². The molecule has 3 atom stereocenters. The van der Waals surface area contributed by atoms with Crippen LogP contribution in [0, 0.1) is 0 Å². The van der Waals surface area contributed by atoms with Crippen LogP contribution in [-0.4, -0.2) is 82.0 Å². The summed E-state index contributed by atoms with van der Waals surface area (Å²) in [6.45, 7) is 4.09. The Labute approximate surface area is 157 Å². The lowest BCUT2D eigenvalue weighted by atomic mass is 10.1. The summed E-state index contributed by atoms with van der Waals surface area (Å²) in [6, 6.07) is 10.9. The van der Waals surface area contributed by atoms with Crippen LogP contribution in [-0.2, 0) is 9.47 Å². The molecule has 0 radical (unpaired) electrons. The lowest BCUT2D eigenvalue weighted by Gasteiger charge is -2.37. The summed E-state index contributed by atoms with van der Waals surface area (Å²) in [5, 5.41) is 3.57. The third kappa shape index (κ3) is 4.75. The van der Waals surface area contributed by atoms with Crippen molar-refractivity contribution in [3.8, 4) is 0 Å². The van der Waals surface area contributed by atoms with E-state index in [1.165, 1.54) is 5.56 Å². The van der Waals surface area contributed by atoms with Crippen LogP contribution in [0.4, 0.5) is 0 Å². The zero-order chi connectivity index (χ0) is 18.4. The van der Waals surface area contributed by atoms with Crippen molar-refractivity contribution < 1.29 is 9.47 Å². The molecular weight excluding hydrogens is 328 g/mol. The van der Waals surface area contributed by atoms with E-state index in [9.17, 15) is 0 Å². The van der Waals surface area contributed by atoms with Crippen molar-refractivity contribution >= 4 is 5.96 Å². The molecule has 0 amide bonds. The van der Waals surface area contributed by atoms with Gasteiger partial charge in [-0.05, 0) is 32.5 Å². The first-order valence-corrected chi connectivity index (χ1v) is 9.59. The van der Waals surface area contributed by atoms with Crippen LogP contribution in [0.2, 0.25) is 0 Å². The van der Waals surface area contributed by atoms with E-state index in [0.717, 1.165) is 51.6 Å². The summed E-state index contributed by atoms with van der Waals surface area (Å²) in [7, 11) is 6.08. The number of nitrogens with one attached hydrogen (secondary N) is 1. The minimum Gasteiger partial charge on any atom is -0.375 e. The van der Waals surface area contributed by atoms with Gasteiger partial charge in [-0.25, -0.2) is 0 Å². The summed E-state index contributed by atoms with van der Waals surface area (Å²) >= 11 is 0. The van der Waals surface area contributed by atoms with Gasteiger partial charge in [-0.15, -0.1) is 0 Å². The standard InChI is InChI=1S/C20H32N4O2/c1-21-20(22-14-17(23(2)3)16-8-5-4-6-9-16)24-11-13-26-19(15-24)18-10-7-12-25-18/h4-6,8-9,17-19H,7,10-15H2,1-3H3,(H,21,22). The maximum atomic E-state index is 5.96. The van der Waals surface area contributed by atoms with Gasteiger partial charge in [-0.1, -0.05) is 30.3 Å². The van der Waals surface area contributed by atoms with E-state index < -0.39 is 0 Å². The smallest absolute Gasteiger partial charge is 0.193 e. The first-order chi connectivity index (χ1) is 12.7. The largest absolute Gasteiger partial charge is 0.375 e. The number of ether oxygens (including phenoxy) is 2. The van der Waals surface area contributed by atoms with Crippen molar-refractivity contribution in [2.45, 2.75) is 31.1 Å². The predicted octanol–water partition coefficient (Wildman–Crippen LogP) is 1.74. The molecule has 0 bridgehead atoms. The van der Waals surface area contributed by atoms with Crippen LogP contribution in [0.25, 0.3) is 0 Å². The van der Waals surface area contributed by atoms with Crippen molar-refractivity contribution in [3.05, 3.63) is 35.9 Å². The van der Waals surface area contributed by atoms with E-state index in [2.05, 4.69) is 64.5 Å². The summed E-state index contributed by atoms with van der Waals surface area (Å²) in [4.78, 5) is 9.05. The van der Waals surface area contributed by atoms with E-state index >= 15 is 0 Å². The lowest BCUT2D eigenvalue weighted by Crippen LogP contribution is -2.54. The fraction of sp³-hybridized carbons (Fsp3) is 0.650. The second-order valence-electron chi connectivity index (χ2n) is 7.22. The monoisotopic (exact) mass is 360 g/mol. The average Bonchev–Trinajstić information content (AvgIpc) is 3.21. The highest BCUT2D eigenvalue weighted by atomic mass is 16.5. The molecule has 144 valence electrons. The van der Waals surface area contributed by atoms with Crippen molar-refractivity contribution in [3.63, 3.8) is 0 Å². The van der Waals surface area contributed by atoms with Crippen LogP contribution < -0.4 is 5.32 Å². The number of guanidine groups is 1. The zero-order valence-electron chi connectivity index (χ0n) is 16.2. The van der Waals surface area contributed by atoms with Gasteiger partial charge in [-0.2, -0.15) is 0 Å². The van der Waals surface area contributed by atoms with Crippen molar-refractivity contribution in [2.24, 2.45) is 4.99 Å². The van der Waals surface area contributed by atoms with Gasteiger partial charge in [0.2, 0.25) is 0 Å². The minimum absolute atomic E-state index is 0.142. The van der Waals surface area contributed by atoms with Gasteiger partial charge in [0.05, 0.1) is 18.8 Å². The highest BCUT2D eigenvalue weighted by molar-refractivity contribution is 5.80. The van der Waals surface area contributed by atoms with Gasteiger partial charge in [0.1, 0.15) is 6.10 Å². The van der Waals surface area contributed by atoms with Crippen LogP contribution in [0.5, 0.6) is 0 Å². The van der Waals surface area contributed by atoms with Crippen molar-refractivity contribution in [1.29, 1.82) is 0 Å². The van der Waals surface area contributed by atoms with E-state index in [0.29, 0.717) is 6.04 Å². The molecule has 3 rings (SSSR count). The van der Waals surface area contributed by atoms with Crippen molar-refractivity contribution in [1.82, 2.24) is 15.1 Å². The molecule has 2 heterocycles. The number of hydrogen-bond acceptors (Lipinski definition) is 4. The van der Waals surface area contributed by atoms with Gasteiger partial charge in [0.25, 0.3) is 0 Å². The first kappa shape index (κ1) is 19.1. The Hall–Kier alpha value is -1.63. The van der Waals surface area contributed by atoms with Crippen LogP contribution in [0.1, 0.15) is 24.4 Å². The van der Waals surface area contributed by atoms with Gasteiger partial charge in [0.15, 0.2) is 5.96 Å². The second kappa shape index (κ2) is 9.35. The molecule has 0 aromatic heterocycles. The Bertz CT molecular complexity index is 572. The second-order valence-corrected chi connectivity index (χ2v) is 7.22. The predicted molar refractivity (Wildman–Crippen MR) is 105 cm³/mol. The zero-order valence-corrected chi connectivity index (χ0v) is 16.2. The Kier molecular flexibility index (Phi) is 6.88. The first-order valence-electron chi connectivity index (χ1n) is 9.59. The number of benzene rings is 1. The molecule has 1 aromatic rings. The number of hydrogen-bond donors (Lipinski definition) is 1. The number of aliphatic imine (C=N–C) groups is 1. The average molecular weight is 361 g/mol. The SMILES string of the molecule is CN=C(NCC(c1ccccc1)N(C)C)N1CCOC(C2CCCO2)C1. The summed E-state index contributed by atoms with van der Waals surface area (Å²) < 4.78 is 11.8. The topological polar surface area (TPSA) is 49.3 Å². The molecule has 2 aliphatic heterocycles. The molecule has 6 heteroatoms. The highest BCUT2D eigenvalue weighted by Crippen LogP contribution is 2.21. The molecular formula is C20H32N4O2. The summed E-state index contributed by atoms with van der Waals surface area (Å²) in [5.41, 5.74) is 1.31. The third-order valence-electron chi connectivity index (χ3n) is 5.25. The molecule has 0 aliphatic carbocycles. The molecule has 0 spiro atoms. The van der Waals surface area contributed by atoms with E-state index in [-0.39, 0.29) is 12.2 Å².